The molecule has 0 amide bonds. The van der Waals surface area contributed by atoms with Crippen LogP contribution < -0.4 is 10.5 Å². The second-order valence-electron chi connectivity index (χ2n) is 11.3. The van der Waals surface area contributed by atoms with Gasteiger partial charge in [0.2, 0.25) is 0 Å². The molecule has 0 atom stereocenters. The summed E-state index contributed by atoms with van der Waals surface area (Å²) in [6, 6.07) is 13.5. The molecule has 0 aliphatic carbocycles. The van der Waals surface area contributed by atoms with E-state index in [4.69, 9.17) is 0 Å². The van der Waals surface area contributed by atoms with Gasteiger partial charge in [0.15, 0.2) is 0 Å². The number of hydrogen-bond donors (Lipinski definition) is 2. The molecule has 0 aliphatic heterocycles. The van der Waals surface area contributed by atoms with Crippen molar-refractivity contribution >= 4 is 25.1 Å². The van der Waals surface area contributed by atoms with Crippen molar-refractivity contribution < 1.29 is 0 Å². The molecule has 0 saturated carbocycles. The zero-order valence-corrected chi connectivity index (χ0v) is 23.8. The fourth-order valence-electron chi connectivity index (χ4n) is 4.71. The van der Waals surface area contributed by atoms with E-state index in [1.807, 2.05) is 0 Å². The number of anilines is 2. The molecule has 2 aromatic carbocycles. The molecule has 0 spiro atoms. The maximum Gasteiger partial charge on any atom is 0.348 e. The van der Waals surface area contributed by atoms with E-state index in [0.29, 0.717) is 23.7 Å². The lowest BCUT2D eigenvalue weighted by atomic mass is 9.32. The number of hydrogen-bond acceptors (Lipinski definition) is 4. The first kappa shape index (κ1) is 28.3. The van der Waals surface area contributed by atoms with Crippen molar-refractivity contribution in [3.05, 3.63) is 58.7 Å². The van der Waals surface area contributed by atoms with E-state index >= 15 is 0 Å². The maximum atomic E-state index is 4.00. The zero-order chi connectivity index (χ0) is 25.7. The summed E-state index contributed by atoms with van der Waals surface area (Å²) in [6.07, 6.45) is 0. The van der Waals surface area contributed by atoms with Gasteiger partial charge in [0.25, 0.3) is 0 Å². The standard InChI is InChI=1S/C28H48B2N4/c1-19(2)23-15-13-16-24(20(3)4)27(23)31-29(33(9)10)30(34(11)12)32-28-25(21(5)6)17-14-18-26(28)22(7)8/h13-22,31-32H,1-12H3. The Hall–Kier alpha value is -1.91. The maximum absolute atomic E-state index is 4.00. The van der Waals surface area contributed by atoms with Crippen LogP contribution in [0.25, 0.3) is 0 Å². The highest BCUT2D eigenvalue weighted by atomic mass is 15.2. The van der Waals surface area contributed by atoms with Gasteiger partial charge in [-0.15, -0.1) is 0 Å². The van der Waals surface area contributed by atoms with Gasteiger partial charge in [-0.05, 0) is 74.1 Å². The fourth-order valence-corrected chi connectivity index (χ4v) is 4.71. The summed E-state index contributed by atoms with van der Waals surface area (Å²) in [5.74, 6) is 1.79. The highest BCUT2D eigenvalue weighted by Gasteiger charge is 2.38. The van der Waals surface area contributed by atoms with Crippen molar-refractivity contribution in [3.8, 4) is 0 Å². The van der Waals surface area contributed by atoms with Crippen LogP contribution in [0.1, 0.15) is 101 Å². The molecule has 0 heterocycles. The molecule has 0 saturated heterocycles. The van der Waals surface area contributed by atoms with Gasteiger partial charge in [0.1, 0.15) is 0 Å². The lowest BCUT2D eigenvalue weighted by molar-refractivity contribution is 0.625. The fraction of sp³-hybridized carbons (Fsp3) is 0.571. The Morgan fingerprint density at radius 3 is 0.912 bits per heavy atom. The number of nitrogens with zero attached hydrogens (tertiary/aromatic N) is 2. The van der Waals surface area contributed by atoms with Crippen LogP contribution in [-0.4, -0.2) is 51.6 Å². The second-order valence-corrected chi connectivity index (χ2v) is 11.3. The van der Waals surface area contributed by atoms with Gasteiger partial charge >= 0.3 is 13.7 Å². The third-order valence-corrected chi connectivity index (χ3v) is 6.74. The molecule has 34 heavy (non-hydrogen) atoms. The molecule has 0 radical (unpaired) electrons. The summed E-state index contributed by atoms with van der Waals surface area (Å²) in [5, 5.41) is 8.00. The molecule has 0 fully saturated rings. The minimum absolute atomic E-state index is 0.0626. The van der Waals surface area contributed by atoms with E-state index in [1.165, 1.54) is 33.6 Å². The predicted molar refractivity (Wildman–Crippen MR) is 155 cm³/mol. The second kappa shape index (κ2) is 12.2. The van der Waals surface area contributed by atoms with Crippen LogP contribution in [0.5, 0.6) is 0 Å². The largest absolute Gasteiger partial charge is 0.417 e. The topological polar surface area (TPSA) is 30.5 Å². The molecular weight excluding hydrogens is 414 g/mol. The summed E-state index contributed by atoms with van der Waals surface area (Å²) in [5.41, 5.74) is 8.06. The normalized spacial score (nSPS) is 11.9. The highest BCUT2D eigenvalue weighted by Crippen LogP contribution is 2.35. The molecule has 0 bridgehead atoms. The monoisotopic (exact) mass is 462 g/mol. The summed E-state index contributed by atoms with van der Waals surface area (Å²) >= 11 is 0. The lowest BCUT2D eigenvalue weighted by Crippen LogP contribution is -2.63. The highest BCUT2D eigenvalue weighted by molar-refractivity contribution is 7.22. The Labute approximate surface area is 211 Å². The third kappa shape index (κ3) is 6.60. The molecule has 186 valence electrons. The summed E-state index contributed by atoms with van der Waals surface area (Å²) in [7, 11) is 8.67. The van der Waals surface area contributed by atoms with Gasteiger partial charge in [-0.3, -0.25) is 0 Å². The van der Waals surface area contributed by atoms with Gasteiger partial charge in [-0.1, -0.05) is 91.8 Å². The van der Waals surface area contributed by atoms with Gasteiger partial charge < -0.3 is 20.1 Å². The summed E-state index contributed by atoms with van der Waals surface area (Å²) in [4.78, 5) is 4.60. The SMILES string of the molecule is CC(C)c1cccc(C(C)C)c1NB(B(Nc1c(C(C)C)cccc1C(C)C)N(C)C)N(C)C. The van der Waals surface area contributed by atoms with Crippen LogP contribution in [0.15, 0.2) is 36.4 Å². The van der Waals surface area contributed by atoms with E-state index in [9.17, 15) is 0 Å². The van der Waals surface area contributed by atoms with Crippen LogP contribution in [0.4, 0.5) is 11.4 Å². The van der Waals surface area contributed by atoms with Crippen molar-refractivity contribution in [2.24, 2.45) is 0 Å². The molecule has 0 unspecified atom stereocenters. The van der Waals surface area contributed by atoms with Crippen molar-refractivity contribution in [2.45, 2.75) is 79.1 Å². The molecule has 0 aliphatic rings. The zero-order valence-electron chi connectivity index (χ0n) is 23.8. The van der Waals surface area contributed by atoms with Crippen LogP contribution >= 0.6 is 0 Å². The van der Waals surface area contributed by atoms with E-state index in [2.05, 4.69) is 140 Å². The molecule has 4 nitrogen and oxygen atoms in total. The number of rotatable bonds is 11. The van der Waals surface area contributed by atoms with Gasteiger partial charge in [0, 0.05) is 11.4 Å². The van der Waals surface area contributed by atoms with Crippen LogP contribution in [0, 0.1) is 0 Å². The summed E-state index contributed by atoms with van der Waals surface area (Å²) in [6.45, 7) is 18.4. The van der Waals surface area contributed by atoms with Crippen molar-refractivity contribution in [2.75, 3.05) is 38.6 Å². The third-order valence-electron chi connectivity index (χ3n) is 6.74. The first-order chi connectivity index (χ1) is 15.9. The first-order valence-corrected chi connectivity index (χ1v) is 13.0. The number of para-hydroxylation sites is 2. The van der Waals surface area contributed by atoms with Gasteiger partial charge in [0.05, 0.1) is 0 Å². The van der Waals surface area contributed by atoms with Crippen LogP contribution in [0.2, 0.25) is 0 Å². The van der Waals surface area contributed by atoms with Crippen molar-refractivity contribution in [1.82, 2.24) is 9.62 Å². The smallest absolute Gasteiger partial charge is 0.348 e. The molecule has 2 rings (SSSR count). The van der Waals surface area contributed by atoms with Gasteiger partial charge in [-0.25, -0.2) is 0 Å². The minimum Gasteiger partial charge on any atom is -0.417 e. The van der Waals surface area contributed by atoms with E-state index in [0.717, 1.165) is 0 Å². The Balaban J connectivity index is 2.60. The van der Waals surface area contributed by atoms with E-state index in [-0.39, 0.29) is 13.7 Å². The molecule has 6 heteroatoms. The minimum atomic E-state index is 0.0626. The lowest BCUT2D eigenvalue weighted by Gasteiger charge is -2.35. The van der Waals surface area contributed by atoms with E-state index < -0.39 is 0 Å². The van der Waals surface area contributed by atoms with Crippen LogP contribution in [0.3, 0.4) is 0 Å². The van der Waals surface area contributed by atoms with Crippen LogP contribution in [-0.2, 0) is 0 Å². The Morgan fingerprint density at radius 2 is 0.735 bits per heavy atom. The Bertz CT molecular complexity index is 795. The average Bonchev–Trinajstić information content (AvgIpc) is 2.74. The number of nitrogens with one attached hydrogen (secondary N) is 2. The summed E-state index contributed by atoms with van der Waals surface area (Å²) < 4.78 is 0. The predicted octanol–water partition coefficient (Wildman–Crippen LogP) is 6.88. The first-order valence-electron chi connectivity index (χ1n) is 13.0. The molecule has 2 aromatic rings. The molecule has 2 N–H and O–H groups in total. The van der Waals surface area contributed by atoms with Crippen molar-refractivity contribution in [1.29, 1.82) is 0 Å². The average molecular weight is 462 g/mol. The molecular formula is C28H48B2N4. The Kier molecular flexibility index (Phi) is 10.1. The van der Waals surface area contributed by atoms with Gasteiger partial charge in [-0.2, -0.15) is 0 Å². The number of benzene rings is 2. The van der Waals surface area contributed by atoms with E-state index in [1.54, 1.807) is 0 Å². The quantitative estimate of drug-likeness (QED) is 0.357. The molecule has 0 aromatic heterocycles. The Morgan fingerprint density at radius 1 is 0.500 bits per heavy atom. The van der Waals surface area contributed by atoms with Crippen molar-refractivity contribution in [3.63, 3.8) is 0 Å².